The second-order valence-electron chi connectivity index (χ2n) is 7.26. The number of rotatable bonds is 4. The van der Waals surface area contributed by atoms with E-state index < -0.39 is 11.2 Å². The fraction of sp³-hybridized carbons (Fsp3) is 0.143. The van der Waals surface area contributed by atoms with Gasteiger partial charge >= 0.3 is 5.69 Å². The van der Waals surface area contributed by atoms with Gasteiger partial charge in [0.2, 0.25) is 5.95 Å². The van der Waals surface area contributed by atoms with Crippen molar-refractivity contribution in [2.24, 2.45) is 14.1 Å². The molecule has 9 nitrogen and oxygen atoms in total. The fourth-order valence-electron chi connectivity index (χ4n) is 3.69. The number of hydrogen-bond donors (Lipinski definition) is 2. The zero-order chi connectivity index (χ0) is 21.7. The SMILES string of the molecule is Cn1c(Nc2ccncc2)nc2c1c(=O)n(Cc1cc3c(Cl)cccc3[nH]1)c(=O)n2C. The van der Waals surface area contributed by atoms with Gasteiger partial charge in [0.05, 0.1) is 6.54 Å². The molecule has 0 aliphatic carbocycles. The van der Waals surface area contributed by atoms with Crippen molar-refractivity contribution in [3.05, 3.63) is 80.3 Å². The minimum absolute atomic E-state index is 0.0880. The van der Waals surface area contributed by atoms with Crippen molar-refractivity contribution in [1.82, 2.24) is 28.7 Å². The largest absolute Gasteiger partial charge is 0.357 e. The van der Waals surface area contributed by atoms with Crippen LogP contribution in [-0.4, -0.2) is 28.7 Å². The maximum absolute atomic E-state index is 13.3. The number of nitrogens with zero attached hydrogens (tertiary/aromatic N) is 5. The van der Waals surface area contributed by atoms with E-state index in [9.17, 15) is 9.59 Å². The third kappa shape index (κ3) is 3.10. The zero-order valence-electron chi connectivity index (χ0n) is 16.8. The van der Waals surface area contributed by atoms with Crippen LogP contribution in [0.15, 0.2) is 58.4 Å². The van der Waals surface area contributed by atoms with Crippen LogP contribution in [0.25, 0.3) is 22.1 Å². The summed E-state index contributed by atoms with van der Waals surface area (Å²) in [5.74, 6) is 0.448. The first-order valence-corrected chi connectivity index (χ1v) is 9.91. The molecule has 156 valence electrons. The lowest BCUT2D eigenvalue weighted by Gasteiger charge is -2.08. The Morgan fingerprint density at radius 3 is 2.61 bits per heavy atom. The third-order valence-corrected chi connectivity index (χ3v) is 5.62. The molecule has 10 heteroatoms. The van der Waals surface area contributed by atoms with Gasteiger partial charge < -0.3 is 14.9 Å². The van der Waals surface area contributed by atoms with Crippen molar-refractivity contribution >= 4 is 45.3 Å². The molecule has 2 N–H and O–H groups in total. The molecule has 0 aliphatic heterocycles. The molecule has 0 amide bonds. The van der Waals surface area contributed by atoms with Gasteiger partial charge in [-0.05, 0) is 30.3 Å². The molecule has 5 rings (SSSR count). The molecule has 0 radical (unpaired) electrons. The van der Waals surface area contributed by atoms with Gasteiger partial charge in [-0.2, -0.15) is 4.98 Å². The summed E-state index contributed by atoms with van der Waals surface area (Å²) in [6.07, 6.45) is 3.31. The first kappa shape index (κ1) is 19.1. The lowest BCUT2D eigenvalue weighted by Crippen LogP contribution is -2.39. The van der Waals surface area contributed by atoms with Crippen LogP contribution in [0, 0.1) is 0 Å². The Kier molecular flexibility index (Phi) is 4.40. The minimum Gasteiger partial charge on any atom is -0.357 e. The summed E-state index contributed by atoms with van der Waals surface area (Å²) >= 11 is 6.25. The molecule has 0 saturated heterocycles. The molecule has 0 aliphatic rings. The molecular formula is C21H18ClN7O2. The molecule has 0 fully saturated rings. The van der Waals surface area contributed by atoms with E-state index in [2.05, 4.69) is 20.3 Å². The lowest BCUT2D eigenvalue weighted by molar-refractivity contribution is 0.648. The van der Waals surface area contributed by atoms with Crippen LogP contribution in [0.1, 0.15) is 5.69 Å². The number of imidazole rings is 1. The highest BCUT2D eigenvalue weighted by molar-refractivity contribution is 6.35. The van der Waals surface area contributed by atoms with Crippen molar-refractivity contribution in [2.45, 2.75) is 6.54 Å². The molecule has 5 aromatic rings. The summed E-state index contributed by atoms with van der Waals surface area (Å²) < 4.78 is 4.22. The number of hydrogen-bond acceptors (Lipinski definition) is 5. The van der Waals surface area contributed by atoms with Crippen LogP contribution in [0.3, 0.4) is 0 Å². The lowest BCUT2D eigenvalue weighted by atomic mass is 10.2. The van der Waals surface area contributed by atoms with Crippen LogP contribution in [0.5, 0.6) is 0 Å². The second-order valence-corrected chi connectivity index (χ2v) is 7.66. The Morgan fingerprint density at radius 2 is 1.87 bits per heavy atom. The Bertz CT molecular complexity index is 1560. The molecule has 1 aromatic carbocycles. The molecule has 31 heavy (non-hydrogen) atoms. The van der Waals surface area contributed by atoms with Gasteiger partial charge in [0.15, 0.2) is 11.2 Å². The van der Waals surface area contributed by atoms with Crippen LogP contribution in [-0.2, 0) is 20.6 Å². The van der Waals surface area contributed by atoms with Gasteiger partial charge in [0.1, 0.15) is 0 Å². The summed E-state index contributed by atoms with van der Waals surface area (Å²) in [4.78, 5) is 38.0. The van der Waals surface area contributed by atoms with E-state index >= 15 is 0 Å². The number of aromatic amines is 1. The number of nitrogens with one attached hydrogen (secondary N) is 2. The smallest absolute Gasteiger partial charge is 0.332 e. The first-order chi connectivity index (χ1) is 14.9. The van der Waals surface area contributed by atoms with E-state index in [4.69, 9.17) is 11.6 Å². The summed E-state index contributed by atoms with van der Waals surface area (Å²) in [7, 11) is 3.34. The van der Waals surface area contributed by atoms with Crippen molar-refractivity contribution in [1.29, 1.82) is 0 Å². The fourth-order valence-corrected chi connectivity index (χ4v) is 3.92. The van der Waals surface area contributed by atoms with Gasteiger partial charge in [-0.25, -0.2) is 4.79 Å². The molecule has 0 unspecified atom stereocenters. The first-order valence-electron chi connectivity index (χ1n) is 9.53. The van der Waals surface area contributed by atoms with E-state index in [1.54, 1.807) is 49.3 Å². The molecule has 4 heterocycles. The number of pyridine rings is 1. The van der Waals surface area contributed by atoms with Crippen molar-refractivity contribution in [3.63, 3.8) is 0 Å². The maximum atomic E-state index is 13.3. The highest BCUT2D eigenvalue weighted by Crippen LogP contribution is 2.24. The average Bonchev–Trinajstić information content (AvgIpc) is 3.32. The number of anilines is 2. The van der Waals surface area contributed by atoms with Gasteiger partial charge in [-0.3, -0.25) is 18.9 Å². The highest BCUT2D eigenvalue weighted by atomic mass is 35.5. The van der Waals surface area contributed by atoms with Crippen LogP contribution in [0.4, 0.5) is 11.6 Å². The van der Waals surface area contributed by atoms with Gasteiger partial charge in [0.25, 0.3) is 5.56 Å². The number of aromatic nitrogens is 6. The molecule has 0 spiro atoms. The highest BCUT2D eigenvalue weighted by Gasteiger charge is 2.19. The van der Waals surface area contributed by atoms with E-state index in [0.717, 1.165) is 16.6 Å². The number of halogens is 1. The molecule has 0 atom stereocenters. The van der Waals surface area contributed by atoms with Crippen LogP contribution < -0.4 is 16.6 Å². The standard InChI is InChI=1S/C21H18ClN7O2/c1-27-17-18(26-20(27)25-12-6-8-23-9-7-12)28(2)21(31)29(19(17)30)11-13-10-14-15(22)4-3-5-16(14)24-13/h3-10,24H,11H2,1-2H3,(H,23,25,26). The van der Waals surface area contributed by atoms with Crippen LogP contribution >= 0.6 is 11.6 Å². The Morgan fingerprint density at radius 1 is 1.10 bits per heavy atom. The maximum Gasteiger partial charge on any atom is 0.332 e. The summed E-state index contributed by atoms with van der Waals surface area (Å²) in [5, 5.41) is 4.60. The quantitative estimate of drug-likeness (QED) is 0.452. The molecular weight excluding hydrogens is 418 g/mol. The summed E-state index contributed by atoms with van der Waals surface area (Å²) in [6, 6.07) is 11.0. The zero-order valence-corrected chi connectivity index (χ0v) is 17.5. The third-order valence-electron chi connectivity index (χ3n) is 5.29. The van der Waals surface area contributed by atoms with Gasteiger partial charge in [0, 0.05) is 53.8 Å². The van der Waals surface area contributed by atoms with Gasteiger partial charge in [-0.15, -0.1) is 0 Å². The Hall–Kier alpha value is -3.85. The van der Waals surface area contributed by atoms with E-state index in [1.165, 1.54) is 9.13 Å². The topological polar surface area (TPSA) is 103 Å². The second kappa shape index (κ2) is 7.13. The number of aryl methyl sites for hydroxylation is 2. The number of fused-ring (bicyclic) bond motifs is 2. The predicted octanol–water partition coefficient (Wildman–Crippen LogP) is 2.76. The van der Waals surface area contributed by atoms with E-state index in [1.807, 2.05) is 18.2 Å². The average molecular weight is 436 g/mol. The van der Waals surface area contributed by atoms with Crippen molar-refractivity contribution in [3.8, 4) is 0 Å². The number of H-pyrrole nitrogens is 1. The Labute approximate surface area is 180 Å². The van der Waals surface area contributed by atoms with Crippen LogP contribution in [0.2, 0.25) is 5.02 Å². The van der Waals surface area contributed by atoms with Gasteiger partial charge in [-0.1, -0.05) is 17.7 Å². The summed E-state index contributed by atoms with van der Waals surface area (Å²) in [5.41, 5.74) is 2.10. The van der Waals surface area contributed by atoms with E-state index in [0.29, 0.717) is 27.8 Å². The molecule has 0 saturated carbocycles. The van der Waals surface area contributed by atoms with E-state index in [-0.39, 0.29) is 6.54 Å². The monoisotopic (exact) mass is 435 g/mol. The van der Waals surface area contributed by atoms with Crippen molar-refractivity contribution in [2.75, 3.05) is 5.32 Å². The summed E-state index contributed by atoms with van der Waals surface area (Å²) in [6.45, 7) is 0.0880. The molecule has 0 bridgehead atoms. The Balaban J connectivity index is 1.63. The predicted molar refractivity (Wildman–Crippen MR) is 120 cm³/mol. The molecule has 4 aromatic heterocycles. The number of benzene rings is 1. The van der Waals surface area contributed by atoms with Crippen molar-refractivity contribution < 1.29 is 0 Å². The normalized spacial score (nSPS) is 11.5. The minimum atomic E-state index is -0.448.